The van der Waals surface area contributed by atoms with Crippen molar-refractivity contribution in [3.63, 3.8) is 0 Å². The Morgan fingerprint density at radius 3 is 2.79 bits per heavy atom. The predicted molar refractivity (Wildman–Crippen MR) is 84.6 cm³/mol. The normalized spacial score (nSPS) is 12.4. The summed E-state index contributed by atoms with van der Waals surface area (Å²) in [5.74, 6) is 0.0626. The molecule has 0 unspecified atom stereocenters. The highest BCUT2D eigenvalue weighted by atomic mass is 16.7. The minimum atomic E-state index is -1.14. The van der Waals surface area contributed by atoms with E-state index in [-0.39, 0.29) is 12.5 Å². The molecule has 3 aromatic rings. The molecule has 0 amide bonds. The van der Waals surface area contributed by atoms with Gasteiger partial charge in [0, 0.05) is 5.56 Å². The van der Waals surface area contributed by atoms with Gasteiger partial charge >= 0.3 is 5.97 Å². The highest BCUT2D eigenvalue weighted by Crippen LogP contribution is 2.37. The standard InChI is InChI=1S/C17H13N3O4/c1-10-3-2-4-12(7-10)20-16(15(17(21)22)18-19-20)11-5-6-13-14(8-11)24-9-23-13/h2-8H,9H2,1H3,(H,21,22). The number of aryl methyl sites for hydroxylation is 1. The molecule has 120 valence electrons. The Bertz CT molecular complexity index is 949. The Labute approximate surface area is 137 Å². The molecule has 1 aromatic heterocycles. The number of hydrogen-bond donors (Lipinski definition) is 1. The first-order valence-corrected chi connectivity index (χ1v) is 7.29. The van der Waals surface area contributed by atoms with E-state index in [9.17, 15) is 9.90 Å². The minimum absolute atomic E-state index is 0.115. The molecule has 0 fully saturated rings. The van der Waals surface area contributed by atoms with E-state index >= 15 is 0 Å². The number of hydrogen-bond acceptors (Lipinski definition) is 5. The van der Waals surface area contributed by atoms with Crippen molar-refractivity contribution in [2.45, 2.75) is 6.92 Å². The molecule has 1 aliphatic rings. The van der Waals surface area contributed by atoms with Gasteiger partial charge in [0.2, 0.25) is 6.79 Å². The van der Waals surface area contributed by atoms with E-state index in [1.54, 1.807) is 18.2 Å². The summed E-state index contributed by atoms with van der Waals surface area (Å²) in [6.45, 7) is 2.11. The highest BCUT2D eigenvalue weighted by molar-refractivity contribution is 5.93. The molecule has 0 atom stereocenters. The Hall–Kier alpha value is -3.35. The molecule has 0 saturated carbocycles. The molecule has 0 radical (unpaired) electrons. The molecule has 0 spiro atoms. The van der Waals surface area contributed by atoms with Gasteiger partial charge in [-0.25, -0.2) is 9.48 Å². The number of aromatic nitrogens is 3. The fourth-order valence-corrected chi connectivity index (χ4v) is 2.67. The van der Waals surface area contributed by atoms with Gasteiger partial charge in [-0.15, -0.1) is 5.10 Å². The van der Waals surface area contributed by atoms with Crippen LogP contribution in [0.2, 0.25) is 0 Å². The van der Waals surface area contributed by atoms with Crippen LogP contribution in [0.25, 0.3) is 16.9 Å². The summed E-state index contributed by atoms with van der Waals surface area (Å²) in [5, 5.41) is 17.3. The number of aromatic carboxylic acids is 1. The molecule has 0 aliphatic carbocycles. The third-order valence-corrected chi connectivity index (χ3v) is 3.77. The summed E-state index contributed by atoms with van der Waals surface area (Å²) in [4.78, 5) is 11.6. The lowest BCUT2D eigenvalue weighted by Gasteiger charge is -2.09. The van der Waals surface area contributed by atoms with Crippen molar-refractivity contribution in [3.05, 3.63) is 53.7 Å². The Morgan fingerprint density at radius 1 is 1.17 bits per heavy atom. The number of benzene rings is 2. The lowest BCUT2D eigenvalue weighted by molar-refractivity contribution is 0.0691. The predicted octanol–water partition coefficient (Wildman–Crippen LogP) is 2.67. The Balaban J connectivity index is 1.93. The van der Waals surface area contributed by atoms with E-state index < -0.39 is 5.97 Å². The SMILES string of the molecule is Cc1cccc(-n2nnc(C(=O)O)c2-c2ccc3c(c2)OCO3)c1. The number of nitrogens with zero attached hydrogens (tertiary/aromatic N) is 3. The summed E-state index contributed by atoms with van der Waals surface area (Å²) >= 11 is 0. The van der Waals surface area contributed by atoms with Crippen LogP contribution in [0.4, 0.5) is 0 Å². The first-order valence-electron chi connectivity index (χ1n) is 7.29. The van der Waals surface area contributed by atoms with Crippen molar-refractivity contribution in [1.82, 2.24) is 15.0 Å². The maximum atomic E-state index is 11.6. The first-order chi connectivity index (χ1) is 11.6. The fourth-order valence-electron chi connectivity index (χ4n) is 2.67. The molecule has 7 heteroatoms. The van der Waals surface area contributed by atoms with Gasteiger partial charge in [0.15, 0.2) is 17.2 Å². The molecule has 7 nitrogen and oxygen atoms in total. The summed E-state index contributed by atoms with van der Waals surface area (Å²) in [6.07, 6.45) is 0. The maximum absolute atomic E-state index is 11.6. The molecule has 4 rings (SSSR count). The zero-order valence-corrected chi connectivity index (χ0v) is 12.8. The zero-order chi connectivity index (χ0) is 16.7. The van der Waals surface area contributed by atoms with Gasteiger partial charge in [-0.1, -0.05) is 17.3 Å². The molecule has 2 heterocycles. The highest BCUT2D eigenvalue weighted by Gasteiger charge is 2.24. The van der Waals surface area contributed by atoms with Crippen molar-refractivity contribution in [1.29, 1.82) is 0 Å². The quantitative estimate of drug-likeness (QED) is 0.797. The minimum Gasteiger partial charge on any atom is -0.476 e. The molecular weight excluding hydrogens is 310 g/mol. The summed E-state index contributed by atoms with van der Waals surface area (Å²) in [6, 6.07) is 12.9. The number of carboxylic acids is 1. The number of rotatable bonds is 3. The molecular formula is C17H13N3O4. The van der Waals surface area contributed by atoms with Gasteiger partial charge < -0.3 is 14.6 Å². The topological polar surface area (TPSA) is 86.5 Å². The fraction of sp³-hybridized carbons (Fsp3) is 0.118. The smallest absolute Gasteiger partial charge is 0.358 e. The van der Waals surface area contributed by atoms with E-state index in [1.807, 2.05) is 31.2 Å². The van der Waals surface area contributed by atoms with E-state index in [1.165, 1.54) is 4.68 Å². The van der Waals surface area contributed by atoms with Crippen LogP contribution in [0.5, 0.6) is 11.5 Å². The number of ether oxygens (including phenoxy) is 2. The van der Waals surface area contributed by atoms with Gasteiger partial charge in [-0.3, -0.25) is 0 Å². The lowest BCUT2D eigenvalue weighted by atomic mass is 10.1. The Kier molecular flexibility index (Phi) is 3.19. The van der Waals surface area contributed by atoms with Crippen LogP contribution in [0.15, 0.2) is 42.5 Å². The van der Waals surface area contributed by atoms with E-state index in [0.717, 1.165) is 11.3 Å². The maximum Gasteiger partial charge on any atom is 0.358 e. The number of fused-ring (bicyclic) bond motifs is 1. The van der Waals surface area contributed by atoms with E-state index in [4.69, 9.17) is 9.47 Å². The largest absolute Gasteiger partial charge is 0.476 e. The zero-order valence-electron chi connectivity index (χ0n) is 12.8. The second kappa shape index (κ2) is 5.38. The second-order valence-corrected chi connectivity index (χ2v) is 5.41. The first kappa shape index (κ1) is 14.3. The average molecular weight is 323 g/mol. The van der Waals surface area contributed by atoms with Crippen LogP contribution in [-0.2, 0) is 0 Å². The average Bonchev–Trinajstić information content (AvgIpc) is 3.20. The summed E-state index contributed by atoms with van der Waals surface area (Å²) in [7, 11) is 0. The van der Waals surface area contributed by atoms with Gasteiger partial charge in [0.25, 0.3) is 0 Å². The number of carbonyl (C=O) groups is 1. The molecule has 1 N–H and O–H groups in total. The molecule has 0 bridgehead atoms. The third kappa shape index (κ3) is 2.26. The molecule has 0 saturated heterocycles. The summed E-state index contributed by atoms with van der Waals surface area (Å²) in [5.41, 5.74) is 2.70. The van der Waals surface area contributed by atoms with Gasteiger partial charge in [-0.05, 0) is 42.8 Å². The van der Waals surface area contributed by atoms with Crippen molar-refractivity contribution in [2.75, 3.05) is 6.79 Å². The van der Waals surface area contributed by atoms with Crippen molar-refractivity contribution in [2.24, 2.45) is 0 Å². The third-order valence-electron chi connectivity index (χ3n) is 3.77. The monoisotopic (exact) mass is 323 g/mol. The second-order valence-electron chi connectivity index (χ2n) is 5.41. The van der Waals surface area contributed by atoms with Crippen molar-refractivity contribution in [3.8, 4) is 28.4 Å². The van der Waals surface area contributed by atoms with E-state index in [2.05, 4.69) is 10.3 Å². The van der Waals surface area contributed by atoms with E-state index in [0.29, 0.717) is 22.8 Å². The Morgan fingerprint density at radius 2 is 2.00 bits per heavy atom. The molecule has 2 aromatic carbocycles. The van der Waals surface area contributed by atoms with Crippen LogP contribution >= 0.6 is 0 Å². The van der Waals surface area contributed by atoms with Crippen LogP contribution < -0.4 is 9.47 Å². The summed E-state index contributed by atoms with van der Waals surface area (Å²) < 4.78 is 12.2. The van der Waals surface area contributed by atoms with Crippen LogP contribution in [0.1, 0.15) is 16.1 Å². The van der Waals surface area contributed by atoms with Gasteiger partial charge in [0.05, 0.1) is 5.69 Å². The van der Waals surface area contributed by atoms with Gasteiger partial charge in [-0.2, -0.15) is 0 Å². The van der Waals surface area contributed by atoms with Crippen LogP contribution in [-0.4, -0.2) is 32.9 Å². The molecule has 24 heavy (non-hydrogen) atoms. The van der Waals surface area contributed by atoms with Crippen molar-refractivity contribution < 1.29 is 19.4 Å². The molecule has 1 aliphatic heterocycles. The van der Waals surface area contributed by atoms with Crippen LogP contribution in [0.3, 0.4) is 0 Å². The van der Waals surface area contributed by atoms with Gasteiger partial charge in [0.1, 0.15) is 5.69 Å². The lowest BCUT2D eigenvalue weighted by Crippen LogP contribution is -2.03. The number of carboxylic acid groups (broad SMARTS) is 1. The van der Waals surface area contributed by atoms with Crippen LogP contribution in [0, 0.1) is 6.92 Å². The van der Waals surface area contributed by atoms with Crippen molar-refractivity contribution >= 4 is 5.97 Å².